The smallest absolute Gasteiger partial charge is 0.319 e. The minimum Gasteiger partial charge on any atom is -0.463 e. The number of piperidine rings is 2. The molecule has 0 aliphatic carbocycles. The SMILES string of the molecule is CCCOc1nc(N2CCCCC2)c2nc(OCCC)nc(N3CCCCC3)c2n1. The summed E-state index contributed by atoms with van der Waals surface area (Å²) >= 11 is 0. The van der Waals surface area contributed by atoms with Gasteiger partial charge in [-0.2, -0.15) is 19.9 Å². The quantitative estimate of drug-likeness (QED) is 0.642. The van der Waals surface area contributed by atoms with Crippen molar-refractivity contribution < 1.29 is 9.47 Å². The van der Waals surface area contributed by atoms with Crippen LogP contribution in [0.5, 0.6) is 12.0 Å². The lowest BCUT2D eigenvalue weighted by Crippen LogP contribution is -2.32. The van der Waals surface area contributed by atoms with Gasteiger partial charge >= 0.3 is 12.0 Å². The standard InChI is InChI=1S/C22H34N6O2/c1-3-15-29-21-23-17-18(19(25-21)27-11-7-5-8-12-27)24-22(30-16-4-2)26-20(17)28-13-9-6-10-14-28/h3-16H2,1-2H3. The van der Waals surface area contributed by atoms with Gasteiger partial charge in [0, 0.05) is 26.2 Å². The molecule has 2 aromatic rings. The van der Waals surface area contributed by atoms with Crippen LogP contribution in [0.1, 0.15) is 65.2 Å². The van der Waals surface area contributed by atoms with Crippen LogP contribution in [0, 0.1) is 0 Å². The predicted octanol–water partition coefficient (Wildman–Crippen LogP) is 3.98. The van der Waals surface area contributed by atoms with Crippen molar-refractivity contribution in [2.24, 2.45) is 0 Å². The van der Waals surface area contributed by atoms with Gasteiger partial charge in [-0.05, 0) is 51.4 Å². The molecule has 2 aromatic heterocycles. The zero-order valence-electron chi connectivity index (χ0n) is 18.4. The van der Waals surface area contributed by atoms with Gasteiger partial charge < -0.3 is 19.3 Å². The predicted molar refractivity (Wildman–Crippen MR) is 119 cm³/mol. The Kier molecular flexibility index (Phi) is 7.02. The van der Waals surface area contributed by atoms with E-state index in [1.54, 1.807) is 0 Å². The summed E-state index contributed by atoms with van der Waals surface area (Å²) < 4.78 is 11.8. The molecule has 0 atom stereocenters. The van der Waals surface area contributed by atoms with Crippen LogP contribution in [-0.4, -0.2) is 59.3 Å². The second-order valence-electron chi connectivity index (χ2n) is 8.15. The van der Waals surface area contributed by atoms with Gasteiger partial charge in [-0.15, -0.1) is 0 Å². The Hall–Kier alpha value is -2.38. The van der Waals surface area contributed by atoms with Crippen molar-refractivity contribution in [1.82, 2.24) is 19.9 Å². The van der Waals surface area contributed by atoms with Crippen molar-refractivity contribution in [3.05, 3.63) is 0 Å². The molecule has 164 valence electrons. The van der Waals surface area contributed by atoms with Crippen molar-refractivity contribution in [2.45, 2.75) is 65.2 Å². The van der Waals surface area contributed by atoms with E-state index in [9.17, 15) is 0 Å². The van der Waals surface area contributed by atoms with E-state index in [0.717, 1.165) is 61.7 Å². The minimum absolute atomic E-state index is 0.425. The molecule has 4 rings (SSSR count). The first kappa shape index (κ1) is 20.9. The zero-order chi connectivity index (χ0) is 20.8. The highest BCUT2D eigenvalue weighted by atomic mass is 16.5. The fourth-order valence-corrected chi connectivity index (χ4v) is 4.11. The Morgan fingerprint density at radius 2 is 1.00 bits per heavy atom. The molecule has 0 amide bonds. The topological polar surface area (TPSA) is 76.5 Å². The normalized spacial score (nSPS) is 17.4. The second-order valence-corrected chi connectivity index (χ2v) is 8.15. The Morgan fingerprint density at radius 3 is 1.37 bits per heavy atom. The zero-order valence-corrected chi connectivity index (χ0v) is 18.4. The summed E-state index contributed by atoms with van der Waals surface area (Å²) in [4.78, 5) is 23.8. The Bertz CT molecular complexity index is 765. The molecule has 8 heteroatoms. The van der Waals surface area contributed by atoms with Crippen LogP contribution in [0.25, 0.3) is 11.0 Å². The number of fused-ring (bicyclic) bond motifs is 1. The molecule has 8 nitrogen and oxygen atoms in total. The van der Waals surface area contributed by atoms with Crippen LogP contribution in [0.2, 0.25) is 0 Å². The molecular formula is C22H34N6O2. The largest absolute Gasteiger partial charge is 0.463 e. The summed E-state index contributed by atoms with van der Waals surface area (Å²) in [5.74, 6) is 1.71. The molecule has 0 N–H and O–H groups in total. The monoisotopic (exact) mass is 414 g/mol. The van der Waals surface area contributed by atoms with Crippen molar-refractivity contribution in [2.75, 3.05) is 49.2 Å². The summed E-state index contributed by atoms with van der Waals surface area (Å²) in [6, 6.07) is 0.850. The van der Waals surface area contributed by atoms with Crippen LogP contribution in [0.15, 0.2) is 0 Å². The maximum Gasteiger partial charge on any atom is 0.319 e. The van der Waals surface area contributed by atoms with Crippen LogP contribution < -0.4 is 19.3 Å². The summed E-state index contributed by atoms with van der Waals surface area (Å²) in [6.45, 7) is 9.30. The summed E-state index contributed by atoms with van der Waals surface area (Å²) in [7, 11) is 0. The van der Waals surface area contributed by atoms with Gasteiger partial charge in [0.15, 0.2) is 11.6 Å². The lowest BCUT2D eigenvalue weighted by Gasteiger charge is -2.30. The third-order valence-electron chi connectivity index (χ3n) is 5.65. The number of rotatable bonds is 8. The highest BCUT2D eigenvalue weighted by Gasteiger charge is 2.25. The van der Waals surface area contributed by atoms with E-state index in [1.807, 2.05) is 0 Å². The second kappa shape index (κ2) is 10.1. The summed E-state index contributed by atoms with van der Waals surface area (Å²) in [6.07, 6.45) is 9.02. The highest BCUT2D eigenvalue weighted by Crippen LogP contribution is 2.34. The first-order valence-electron chi connectivity index (χ1n) is 11.7. The third-order valence-corrected chi connectivity index (χ3v) is 5.65. The number of anilines is 2. The Morgan fingerprint density at radius 1 is 0.600 bits per heavy atom. The fourth-order valence-electron chi connectivity index (χ4n) is 4.11. The number of ether oxygens (including phenoxy) is 2. The molecule has 0 aromatic carbocycles. The number of aromatic nitrogens is 4. The van der Waals surface area contributed by atoms with E-state index < -0.39 is 0 Å². The van der Waals surface area contributed by atoms with Gasteiger partial charge in [0.1, 0.15) is 11.0 Å². The first-order chi connectivity index (χ1) is 14.8. The van der Waals surface area contributed by atoms with Gasteiger partial charge in [-0.1, -0.05) is 13.8 Å². The third kappa shape index (κ3) is 4.68. The Labute approximate surface area is 179 Å². The van der Waals surface area contributed by atoms with Crippen LogP contribution in [0.3, 0.4) is 0 Å². The van der Waals surface area contributed by atoms with E-state index in [-0.39, 0.29) is 0 Å². The first-order valence-corrected chi connectivity index (χ1v) is 11.7. The molecule has 0 saturated carbocycles. The van der Waals surface area contributed by atoms with Gasteiger partial charge in [0.2, 0.25) is 0 Å². The summed E-state index contributed by atoms with van der Waals surface area (Å²) in [5.41, 5.74) is 1.56. The maximum absolute atomic E-state index is 5.88. The van der Waals surface area contributed by atoms with Gasteiger partial charge in [0.25, 0.3) is 0 Å². The van der Waals surface area contributed by atoms with Crippen molar-refractivity contribution in [3.63, 3.8) is 0 Å². The molecule has 0 radical (unpaired) electrons. The van der Waals surface area contributed by atoms with Crippen LogP contribution in [-0.2, 0) is 0 Å². The Balaban J connectivity index is 1.85. The van der Waals surface area contributed by atoms with Crippen molar-refractivity contribution in [1.29, 1.82) is 0 Å². The number of hydrogen-bond donors (Lipinski definition) is 0. The van der Waals surface area contributed by atoms with Crippen LogP contribution in [0.4, 0.5) is 11.6 Å². The lowest BCUT2D eigenvalue weighted by atomic mass is 10.1. The molecular weight excluding hydrogens is 380 g/mol. The van der Waals surface area contributed by atoms with E-state index >= 15 is 0 Å². The molecule has 30 heavy (non-hydrogen) atoms. The molecule has 4 heterocycles. The molecule has 2 aliphatic rings. The van der Waals surface area contributed by atoms with Gasteiger partial charge in [-0.3, -0.25) is 0 Å². The van der Waals surface area contributed by atoms with Crippen molar-refractivity contribution in [3.8, 4) is 12.0 Å². The van der Waals surface area contributed by atoms with Gasteiger partial charge in [-0.25, -0.2) is 0 Å². The fraction of sp³-hybridized carbons (Fsp3) is 0.727. The van der Waals surface area contributed by atoms with Crippen LogP contribution >= 0.6 is 0 Å². The molecule has 0 spiro atoms. The van der Waals surface area contributed by atoms with E-state index in [2.05, 4.69) is 23.6 Å². The molecule has 0 unspecified atom stereocenters. The van der Waals surface area contributed by atoms with E-state index in [0.29, 0.717) is 25.2 Å². The maximum atomic E-state index is 5.88. The average molecular weight is 415 g/mol. The number of nitrogens with zero attached hydrogens (tertiary/aromatic N) is 6. The highest BCUT2D eigenvalue weighted by molar-refractivity contribution is 5.93. The van der Waals surface area contributed by atoms with E-state index in [4.69, 9.17) is 29.4 Å². The minimum atomic E-state index is 0.425. The lowest BCUT2D eigenvalue weighted by molar-refractivity contribution is 0.290. The molecule has 0 bridgehead atoms. The summed E-state index contributed by atoms with van der Waals surface area (Å²) in [5, 5.41) is 0. The van der Waals surface area contributed by atoms with E-state index in [1.165, 1.54) is 38.5 Å². The van der Waals surface area contributed by atoms with Crippen molar-refractivity contribution >= 4 is 22.7 Å². The molecule has 2 saturated heterocycles. The molecule has 2 aliphatic heterocycles. The number of hydrogen-bond acceptors (Lipinski definition) is 8. The average Bonchev–Trinajstić information content (AvgIpc) is 2.81. The molecule has 2 fully saturated rings. The van der Waals surface area contributed by atoms with Gasteiger partial charge in [0.05, 0.1) is 13.2 Å².